The molecule has 0 bridgehead atoms. The van der Waals surface area contributed by atoms with E-state index in [2.05, 4.69) is 17.4 Å². The fourth-order valence-corrected chi connectivity index (χ4v) is 6.20. The van der Waals surface area contributed by atoms with Crippen molar-refractivity contribution < 1.29 is 24.3 Å². The topological polar surface area (TPSA) is 111 Å². The zero-order valence-corrected chi connectivity index (χ0v) is 20.5. The van der Waals surface area contributed by atoms with Crippen LogP contribution in [0.2, 0.25) is 0 Å². The smallest absolute Gasteiger partial charge is 0.409 e. The molecule has 4 atom stereocenters. The second kappa shape index (κ2) is 11.9. The minimum atomic E-state index is -0.726. The van der Waals surface area contributed by atoms with E-state index in [1.807, 2.05) is 23.1 Å². The Bertz CT molecular complexity index is 868. The molecule has 0 radical (unpaired) electrons. The van der Waals surface area contributed by atoms with Crippen molar-refractivity contribution in [3.63, 3.8) is 0 Å². The van der Waals surface area contributed by atoms with Crippen molar-refractivity contribution in [2.24, 2.45) is 23.7 Å². The third-order valence-electron chi connectivity index (χ3n) is 8.19. The molecule has 3 N–H and O–H groups in total. The van der Waals surface area contributed by atoms with E-state index in [4.69, 9.17) is 4.74 Å². The highest BCUT2D eigenvalue weighted by atomic mass is 16.5. The Morgan fingerprint density at radius 3 is 2.37 bits per heavy atom. The molecule has 1 aromatic carbocycles. The summed E-state index contributed by atoms with van der Waals surface area (Å²) in [7, 11) is 1.34. The monoisotopic (exact) mass is 486 g/mol. The van der Waals surface area contributed by atoms with E-state index in [-0.39, 0.29) is 18.4 Å². The second-order valence-electron chi connectivity index (χ2n) is 10.2. The summed E-state index contributed by atoms with van der Waals surface area (Å²) in [4.78, 5) is 42.7. The fraction of sp³-hybridized carbons (Fsp3) is 0.654. The van der Waals surface area contributed by atoms with Crippen LogP contribution in [-0.2, 0) is 14.3 Å². The number of methoxy groups -OCH3 is 1. The van der Waals surface area contributed by atoms with Crippen LogP contribution in [0, 0.1) is 23.7 Å². The van der Waals surface area contributed by atoms with Crippen LogP contribution >= 0.6 is 0 Å². The summed E-state index contributed by atoms with van der Waals surface area (Å²) in [6.45, 7) is 3.54. The molecule has 4 rings (SSSR count). The van der Waals surface area contributed by atoms with Crippen molar-refractivity contribution in [1.29, 1.82) is 0 Å². The lowest BCUT2D eigenvalue weighted by Gasteiger charge is -2.36. The number of nitrogens with one attached hydrogen (secondary N) is 2. The van der Waals surface area contributed by atoms with Gasteiger partial charge in [0.15, 0.2) is 0 Å². The van der Waals surface area contributed by atoms with E-state index < -0.39 is 23.8 Å². The number of rotatable bonds is 4. The minimum absolute atomic E-state index is 0.0332. The van der Waals surface area contributed by atoms with Crippen molar-refractivity contribution in [1.82, 2.24) is 20.6 Å². The molecule has 3 aliphatic heterocycles. The van der Waals surface area contributed by atoms with Gasteiger partial charge in [0.1, 0.15) is 0 Å². The van der Waals surface area contributed by atoms with Crippen LogP contribution < -0.4 is 10.8 Å². The first kappa shape index (κ1) is 25.4. The Hall–Kier alpha value is -2.65. The summed E-state index contributed by atoms with van der Waals surface area (Å²) in [5.41, 5.74) is 3.08. The zero-order valence-electron chi connectivity index (χ0n) is 20.5. The standard InChI is InChI=1S/C26H38N4O5/c1-35-26(33)30-16-21(20-8-5-11-27-15-20)14-22(24(31)28-34)23(17-30)25(32)29-12-9-19(10-13-29)18-6-3-2-4-7-18/h2-4,6-7,19-23,27,34H,5,8-17H2,1H3,(H,28,31)/t20?,21-,22+,23-/m1/s1. The first-order valence-corrected chi connectivity index (χ1v) is 12.8. The Balaban J connectivity index is 1.52. The lowest BCUT2D eigenvalue weighted by Crippen LogP contribution is -2.49. The third kappa shape index (κ3) is 5.95. The number of likely N-dealkylation sites (tertiary alicyclic amines) is 2. The summed E-state index contributed by atoms with van der Waals surface area (Å²) in [5.74, 6) is -1.38. The summed E-state index contributed by atoms with van der Waals surface area (Å²) in [5, 5.41) is 12.9. The highest BCUT2D eigenvalue weighted by Gasteiger charge is 2.45. The van der Waals surface area contributed by atoms with E-state index in [9.17, 15) is 19.6 Å². The van der Waals surface area contributed by atoms with Gasteiger partial charge in [-0.3, -0.25) is 14.8 Å². The van der Waals surface area contributed by atoms with Crippen molar-refractivity contribution in [2.75, 3.05) is 46.4 Å². The minimum Gasteiger partial charge on any atom is -0.453 e. The molecule has 0 saturated carbocycles. The van der Waals surface area contributed by atoms with Gasteiger partial charge >= 0.3 is 6.09 Å². The molecule has 35 heavy (non-hydrogen) atoms. The summed E-state index contributed by atoms with van der Waals surface area (Å²) < 4.78 is 5.04. The molecule has 1 aromatic rings. The molecule has 9 heteroatoms. The SMILES string of the molecule is COC(=O)N1C[C@H](C2CCCNC2)C[C@H](C(=O)NO)[C@H](C(=O)N2CCC(c3ccccc3)CC2)C1. The summed E-state index contributed by atoms with van der Waals surface area (Å²) in [6.07, 6.45) is 3.72. The maximum atomic E-state index is 13.8. The Morgan fingerprint density at radius 2 is 1.74 bits per heavy atom. The van der Waals surface area contributed by atoms with E-state index in [0.29, 0.717) is 37.9 Å². The number of piperidine rings is 2. The summed E-state index contributed by atoms with van der Waals surface area (Å²) >= 11 is 0. The van der Waals surface area contributed by atoms with Crippen LogP contribution in [0.15, 0.2) is 30.3 Å². The van der Waals surface area contributed by atoms with Crippen LogP contribution in [0.1, 0.15) is 43.6 Å². The van der Waals surface area contributed by atoms with Gasteiger partial charge in [-0.2, -0.15) is 0 Å². The second-order valence-corrected chi connectivity index (χ2v) is 10.2. The number of hydrogen-bond donors (Lipinski definition) is 3. The first-order chi connectivity index (χ1) is 17.0. The van der Waals surface area contributed by atoms with Crippen LogP contribution in [0.4, 0.5) is 4.79 Å². The lowest BCUT2D eigenvalue weighted by atomic mass is 9.77. The van der Waals surface area contributed by atoms with Crippen LogP contribution in [0.3, 0.4) is 0 Å². The molecular formula is C26H38N4O5. The molecule has 3 aliphatic rings. The quantitative estimate of drug-likeness (QED) is 0.445. The number of nitrogens with zero attached hydrogens (tertiary/aromatic N) is 2. The van der Waals surface area contributed by atoms with Gasteiger partial charge in [-0.15, -0.1) is 0 Å². The van der Waals surface area contributed by atoms with E-state index in [0.717, 1.165) is 38.8 Å². The highest BCUT2D eigenvalue weighted by molar-refractivity contribution is 5.88. The number of hydroxylamine groups is 1. The van der Waals surface area contributed by atoms with E-state index in [1.165, 1.54) is 12.7 Å². The Morgan fingerprint density at radius 1 is 1.00 bits per heavy atom. The predicted octanol–water partition coefficient (Wildman–Crippen LogP) is 2.22. The molecule has 0 aromatic heterocycles. The molecule has 1 unspecified atom stereocenters. The van der Waals surface area contributed by atoms with Gasteiger partial charge in [-0.05, 0) is 68.5 Å². The largest absolute Gasteiger partial charge is 0.453 e. The van der Waals surface area contributed by atoms with Gasteiger partial charge in [0.05, 0.1) is 18.9 Å². The molecule has 9 nitrogen and oxygen atoms in total. The van der Waals surface area contributed by atoms with Crippen LogP contribution in [-0.4, -0.2) is 79.3 Å². The van der Waals surface area contributed by atoms with Gasteiger partial charge in [0.2, 0.25) is 11.8 Å². The molecule has 0 spiro atoms. The van der Waals surface area contributed by atoms with Gasteiger partial charge in [-0.1, -0.05) is 30.3 Å². The Kier molecular flexibility index (Phi) is 8.62. The van der Waals surface area contributed by atoms with Gasteiger partial charge in [0.25, 0.3) is 0 Å². The van der Waals surface area contributed by atoms with Gasteiger partial charge in [0, 0.05) is 26.2 Å². The first-order valence-electron chi connectivity index (χ1n) is 12.8. The average molecular weight is 487 g/mol. The maximum Gasteiger partial charge on any atom is 0.409 e. The fourth-order valence-electron chi connectivity index (χ4n) is 6.20. The number of amides is 3. The molecular weight excluding hydrogens is 448 g/mol. The van der Waals surface area contributed by atoms with Crippen LogP contribution in [0.5, 0.6) is 0 Å². The molecule has 3 amide bonds. The number of ether oxygens (including phenoxy) is 1. The van der Waals surface area contributed by atoms with Crippen LogP contribution in [0.25, 0.3) is 0 Å². The number of hydrogen-bond acceptors (Lipinski definition) is 6. The summed E-state index contributed by atoms with van der Waals surface area (Å²) in [6, 6.07) is 10.3. The number of benzene rings is 1. The van der Waals surface area contributed by atoms with Crippen molar-refractivity contribution in [2.45, 2.75) is 38.0 Å². The molecule has 192 valence electrons. The maximum absolute atomic E-state index is 13.8. The van der Waals surface area contributed by atoms with Crippen molar-refractivity contribution in [3.05, 3.63) is 35.9 Å². The van der Waals surface area contributed by atoms with Gasteiger partial charge in [-0.25, -0.2) is 10.3 Å². The zero-order chi connectivity index (χ0) is 24.8. The molecule has 0 aliphatic carbocycles. The van der Waals surface area contributed by atoms with Gasteiger partial charge < -0.3 is 19.9 Å². The normalized spacial score (nSPS) is 28.2. The lowest BCUT2D eigenvalue weighted by molar-refractivity contribution is -0.146. The van der Waals surface area contributed by atoms with Crippen molar-refractivity contribution >= 4 is 17.9 Å². The molecule has 3 saturated heterocycles. The highest BCUT2D eigenvalue weighted by Crippen LogP contribution is 2.36. The molecule has 3 heterocycles. The van der Waals surface area contributed by atoms with E-state index in [1.54, 1.807) is 10.4 Å². The number of carbonyl (C=O) groups excluding carboxylic acids is 3. The van der Waals surface area contributed by atoms with E-state index >= 15 is 0 Å². The third-order valence-corrected chi connectivity index (χ3v) is 8.19. The predicted molar refractivity (Wildman–Crippen MR) is 130 cm³/mol. The average Bonchev–Trinajstić information content (AvgIpc) is 3.13. The van der Waals surface area contributed by atoms with Crippen molar-refractivity contribution in [3.8, 4) is 0 Å². The molecule has 3 fully saturated rings. The Labute approximate surface area is 207 Å². The number of carbonyl (C=O) groups is 3.